The largest absolute Gasteiger partial charge is 0.450 e. The maximum Gasteiger partial charge on any atom is 0.407 e. The van der Waals surface area contributed by atoms with Crippen molar-refractivity contribution in [1.29, 1.82) is 5.41 Å². The zero-order chi connectivity index (χ0) is 25.3. The monoisotopic (exact) mass is 497 g/mol. The molecule has 1 aliphatic heterocycles. The van der Waals surface area contributed by atoms with E-state index in [1.54, 1.807) is 23.6 Å². The first-order valence-electron chi connectivity index (χ1n) is 12.6. The molecule has 194 valence electrons. The zero-order valence-electron chi connectivity index (χ0n) is 21.2. The van der Waals surface area contributed by atoms with Crippen LogP contribution in [0, 0.1) is 17.2 Å². The fourth-order valence-electron chi connectivity index (χ4n) is 4.78. The summed E-state index contributed by atoms with van der Waals surface area (Å²) in [6.45, 7) is 8.99. The highest BCUT2D eigenvalue weighted by Gasteiger charge is 2.44. The van der Waals surface area contributed by atoms with E-state index in [9.17, 15) is 14.4 Å². The first kappa shape index (κ1) is 28.3. The number of nitrogens with one attached hydrogen (secondary N) is 3. The molecule has 2 aliphatic rings. The molecule has 34 heavy (non-hydrogen) atoms. The van der Waals surface area contributed by atoms with Crippen LogP contribution in [-0.2, 0) is 14.3 Å². The standard InChI is InChI=1S/C24H43N5O4S/c1-5-14-34-24(3,4)19(28-23(32)33-6-2)22(31)29-13-7-8-18(29)21(30)27-15-16-9-11-17(12-10-16)20(25)26/h16-19H,5-15H2,1-4H3,(H3,25,26)(H,27,30)(H,28,32)/t16?,17?,18-,19-/m0/s1. The van der Waals surface area contributed by atoms with E-state index < -0.39 is 22.9 Å². The summed E-state index contributed by atoms with van der Waals surface area (Å²) in [5.74, 6) is 1.28. The molecule has 0 bridgehead atoms. The number of hydrogen-bond donors (Lipinski definition) is 4. The van der Waals surface area contributed by atoms with Gasteiger partial charge < -0.3 is 26.0 Å². The molecule has 2 atom stereocenters. The van der Waals surface area contributed by atoms with Gasteiger partial charge in [-0.1, -0.05) is 6.92 Å². The van der Waals surface area contributed by atoms with E-state index in [0.717, 1.165) is 44.3 Å². The second kappa shape index (κ2) is 13.2. The van der Waals surface area contributed by atoms with Crippen LogP contribution < -0.4 is 16.4 Å². The van der Waals surface area contributed by atoms with Crippen LogP contribution in [0.15, 0.2) is 0 Å². The second-order valence-electron chi connectivity index (χ2n) is 9.86. The molecule has 0 radical (unpaired) electrons. The van der Waals surface area contributed by atoms with Gasteiger partial charge in [0.2, 0.25) is 11.8 Å². The Hall–Kier alpha value is -1.97. The molecule has 2 fully saturated rings. The van der Waals surface area contributed by atoms with Crippen molar-refractivity contribution < 1.29 is 19.1 Å². The van der Waals surface area contributed by atoms with Crippen LogP contribution in [0.5, 0.6) is 0 Å². The highest BCUT2D eigenvalue weighted by Crippen LogP contribution is 2.32. The van der Waals surface area contributed by atoms with Gasteiger partial charge in [0, 0.05) is 23.8 Å². The number of rotatable bonds is 11. The van der Waals surface area contributed by atoms with Crippen molar-refractivity contribution in [3.05, 3.63) is 0 Å². The van der Waals surface area contributed by atoms with Crippen LogP contribution in [0.25, 0.3) is 0 Å². The predicted octanol–water partition coefficient (Wildman–Crippen LogP) is 2.87. The fraction of sp³-hybridized carbons (Fsp3) is 0.833. The maximum atomic E-state index is 13.6. The van der Waals surface area contributed by atoms with Crippen molar-refractivity contribution in [2.75, 3.05) is 25.4 Å². The van der Waals surface area contributed by atoms with Gasteiger partial charge in [-0.25, -0.2) is 4.79 Å². The summed E-state index contributed by atoms with van der Waals surface area (Å²) < 4.78 is 4.50. The summed E-state index contributed by atoms with van der Waals surface area (Å²) in [5.41, 5.74) is 5.63. The van der Waals surface area contributed by atoms with E-state index in [1.165, 1.54) is 0 Å². The Morgan fingerprint density at radius 3 is 2.44 bits per heavy atom. The highest BCUT2D eigenvalue weighted by atomic mass is 32.2. The van der Waals surface area contributed by atoms with Crippen molar-refractivity contribution in [1.82, 2.24) is 15.5 Å². The fourth-order valence-corrected chi connectivity index (χ4v) is 5.84. The molecule has 1 aliphatic carbocycles. The molecule has 3 amide bonds. The average molecular weight is 498 g/mol. The van der Waals surface area contributed by atoms with Gasteiger partial charge in [0.05, 0.1) is 12.4 Å². The quantitative estimate of drug-likeness (QED) is 0.256. The first-order valence-corrected chi connectivity index (χ1v) is 13.6. The van der Waals surface area contributed by atoms with Crippen LogP contribution >= 0.6 is 11.8 Å². The lowest BCUT2D eigenvalue weighted by atomic mass is 9.81. The van der Waals surface area contributed by atoms with E-state index in [4.69, 9.17) is 15.9 Å². The van der Waals surface area contributed by atoms with Gasteiger partial charge >= 0.3 is 6.09 Å². The van der Waals surface area contributed by atoms with Crippen LogP contribution in [-0.4, -0.2) is 70.9 Å². The Bertz CT molecular complexity index is 724. The van der Waals surface area contributed by atoms with Gasteiger partial charge in [-0.15, -0.1) is 0 Å². The van der Waals surface area contributed by atoms with E-state index in [0.29, 0.717) is 25.4 Å². The van der Waals surface area contributed by atoms with Crippen LogP contribution in [0.1, 0.15) is 72.6 Å². The molecule has 1 heterocycles. The average Bonchev–Trinajstić information content (AvgIpc) is 3.30. The SMILES string of the molecule is CCCSC(C)(C)[C@@H](NC(=O)OCC)C(=O)N1CCC[C@H]1C(=O)NCC1CCC(C(=N)N)CC1. The normalized spacial score (nSPS) is 23.8. The molecule has 0 aromatic carbocycles. The van der Waals surface area contributed by atoms with E-state index in [1.807, 2.05) is 13.8 Å². The zero-order valence-corrected chi connectivity index (χ0v) is 22.0. The third-order valence-corrected chi connectivity index (χ3v) is 8.44. The molecule has 2 rings (SSSR count). The number of amides is 3. The summed E-state index contributed by atoms with van der Waals surface area (Å²) in [5, 5.41) is 13.4. The van der Waals surface area contributed by atoms with Gasteiger partial charge in [-0.05, 0) is 77.4 Å². The molecule has 0 aromatic heterocycles. The van der Waals surface area contributed by atoms with Crippen molar-refractivity contribution in [3.8, 4) is 0 Å². The molecule has 10 heteroatoms. The molecule has 0 aromatic rings. The van der Waals surface area contributed by atoms with Crippen LogP contribution in [0.2, 0.25) is 0 Å². The molecular formula is C24H43N5O4S. The second-order valence-corrected chi connectivity index (χ2v) is 11.6. The molecule has 0 spiro atoms. The van der Waals surface area contributed by atoms with Crippen molar-refractivity contribution in [3.63, 3.8) is 0 Å². The number of nitrogens with two attached hydrogens (primary N) is 1. The van der Waals surface area contributed by atoms with Gasteiger partial charge in [0.1, 0.15) is 12.1 Å². The third kappa shape index (κ3) is 7.78. The third-order valence-electron chi connectivity index (χ3n) is 6.85. The predicted molar refractivity (Wildman–Crippen MR) is 136 cm³/mol. The number of ether oxygens (including phenoxy) is 1. The van der Waals surface area contributed by atoms with Gasteiger partial charge in [-0.2, -0.15) is 11.8 Å². The molecule has 9 nitrogen and oxygen atoms in total. The van der Waals surface area contributed by atoms with Gasteiger partial charge in [0.25, 0.3) is 0 Å². The minimum absolute atomic E-state index is 0.131. The number of amidine groups is 1. The summed E-state index contributed by atoms with van der Waals surface area (Å²) in [4.78, 5) is 40.6. The smallest absolute Gasteiger partial charge is 0.407 e. The molecule has 1 saturated carbocycles. The van der Waals surface area contributed by atoms with Crippen molar-refractivity contribution in [2.45, 2.75) is 89.5 Å². The number of carbonyl (C=O) groups is 3. The lowest BCUT2D eigenvalue weighted by molar-refractivity contribution is -0.140. The Kier molecular flexibility index (Phi) is 11.0. The minimum Gasteiger partial charge on any atom is -0.450 e. The molecular weight excluding hydrogens is 454 g/mol. The Morgan fingerprint density at radius 1 is 1.18 bits per heavy atom. The van der Waals surface area contributed by atoms with Crippen molar-refractivity contribution >= 4 is 35.5 Å². The van der Waals surface area contributed by atoms with Gasteiger partial charge in [0.15, 0.2) is 0 Å². The van der Waals surface area contributed by atoms with E-state index in [2.05, 4.69) is 17.6 Å². The molecule has 5 N–H and O–H groups in total. The highest BCUT2D eigenvalue weighted by molar-refractivity contribution is 8.00. The summed E-state index contributed by atoms with van der Waals surface area (Å²) in [6, 6.07) is -1.32. The lowest BCUT2D eigenvalue weighted by Gasteiger charge is -2.37. The number of thioether (sulfide) groups is 1. The van der Waals surface area contributed by atoms with E-state index in [-0.39, 0.29) is 30.2 Å². The number of alkyl carbamates (subject to hydrolysis) is 1. The first-order chi connectivity index (χ1) is 16.1. The van der Waals surface area contributed by atoms with Gasteiger partial charge in [-0.3, -0.25) is 15.0 Å². The number of hydrogen-bond acceptors (Lipinski definition) is 6. The molecule has 1 saturated heterocycles. The molecule has 0 unspecified atom stereocenters. The minimum atomic E-state index is -0.793. The topological polar surface area (TPSA) is 138 Å². The Morgan fingerprint density at radius 2 is 1.85 bits per heavy atom. The van der Waals surface area contributed by atoms with Crippen LogP contribution in [0.4, 0.5) is 4.79 Å². The summed E-state index contributed by atoms with van der Waals surface area (Å²) >= 11 is 1.63. The number of nitrogens with zero attached hydrogens (tertiary/aromatic N) is 1. The lowest BCUT2D eigenvalue weighted by Crippen LogP contribution is -2.60. The number of carbonyl (C=O) groups excluding carboxylic acids is 3. The maximum absolute atomic E-state index is 13.6. The Labute approximate surface area is 208 Å². The summed E-state index contributed by atoms with van der Waals surface area (Å²) in [6.07, 6.45) is 5.35. The van der Waals surface area contributed by atoms with Crippen LogP contribution in [0.3, 0.4) is 0 Å². The Balaban J connectivity index is 2.02. The van der Waals surface area contributed by atoms with E-state index >= 15 is 0 Å². The van der Waals surface area contributed by atoms with Crippen molar-refractivity contribution in [2.24, 2.45) is 17.6 Å². The number of likely N-dealkylation sites (tertiary alicyclic amines) is 1. The summed E-state index contributed by atoms with van der Waals surface area (Å²) in [7, 11) is 0.